The summed E-state index contributed by atoms with van der Waals surface area (Å²) in [6.07, 6.45) is 0.977. The fraction of sp³-hybridized carbons (Fsp3) is 0.333. The van der Waals surface area contributed by atoms with Crippen molar-refractivity contribution in [2.75, 3.05) is 20.7 Å². The lowest BCUT2D eigenvalue weighted by Gasteiger charge is -2.01. The molecule has 4 heteroatoms. The number of hydrogen-bond acceptors (Lipinski definition) is 2. The zero-order valence-electron chi connectivity index (χ0n) is 9.43. The van der Waals surface area contributed by atoms with Gasteiger partial charge in [0, 0.05) is 23.1 Å². The summed E-state index contributed by atoms with van der Waals surface area (Å²) in [6.45, 7) is 0.956. The summed E-state index contributed by atoms with van der Waals surface area (Å²) < 4.78 is 5.19. The van der Waals surface area contributed by atoms with Crippen LogP contribution in [0.15, 0.2) is 18.2 Å². The molecule has 1 aromatic carbocycles. The van der Waals surface area contributed by atoms with Crippen LogP contribution in [0.5, 0.6) is 5.75 Å². The van der Waals surface area contributed by atoms with Crippen LogP contribution < -0.4 is 10.1 Å². The Bertz CT molecular complexity index is 493. The standard InChI is InChI=1S/C12H15ClN2O/c1-14-4-3-9-5-8-6-12(16-2)10(13)7-11(8)15-9/h5-7,14-15H,3-4H2,1-2H3. The monoisotopic (exact) mass is 238 g/mol. The molecule has 0 atom stereocenters. The van der Waals surface area contributed by atoms with Crippen LogP contribution in [0.2, 0.25) is 5.02 Å². The van der Waals surface area contributed by atoms with Gasteiger partial charge in [0.2, 0.25) is 0 Å². The Morgan fingerprint density at radius 3 is 2.88 bits per heavy atom. The molecule has 0 unspecified atom stereocenters. The van der Waals surface area contributed by atoms with Crippen molar-refractivity contribution in [3.63, 3.8) is 0 Å². The molecule has 0 spiro atoms. The lowest BCUT2D eigenvalue weighted by Crippen LogP contribution is -2.10. The van der Waals surface area contributed by atoms with E-state index in [9.17, 15) is 0 Å². The fourth-order valence-electron chi connectivity index (χ4n) is 1.74. The SMILES string of the molecule is CNCCc1cc2cc(OC)c(Cl)cc2[nH]1. The topological polar surface area (TPSA) is 37.0 Å². The molecule has 0 saturated heterocycles. The third kappa shape index (κ3) is 2.15. The molecule has 0 aliphatic heterocycles. The number of H-pyrrole nitrogens is 1. The highest BCUT2D eigenvalue weighted by molar-refractivity contribution is 6.32. The zero-order chi connectivity index (χ0) is 11.5. The summed E-state index contributed by atoms with van der Waals surface area (Å²) in [5.41, 5.74) is 2.26. The van der Waals surface area contributed by atoms with E-state index in [4.69, 9.17) is 16.3 Å². The average molecular weight is 239 g/mol. The molecule has 0 amide bonds. The number of methoxy groups -OCH3 is 1. The molecule has 1 heterocycles. The van der Waals surface area contributed by atoms with E-state index in [2.05, 4.69) is 16.4 Å². The molecule has 0 radical (unpaired) electrons. The van der Waals surface area contributed by atoms with E-state index in [0.717, 1.165) is 23.9 Å². The number of rotatable bonds is 4. The Labute approximate surface area is 99.7 Å². The molecule has 0 aliphatic carbocycles. The molecule has 0 fully saturated rings. The van der Waals surface area contributed by atoms with Crippen LogP contribution in [-0.2, 0) is 6.42 Å². The van der Waals surface area contributed by atoms with E-state index >= 15 is 0 Å². The first-order chi connectivity index (χ1) is 7.74. The summed E-state index contributed by atoms with van der Waals surface area (Å²) >= 11 is 6.06. The van der Waals surface area contributed by atoms with Gasteiger partial charge in [0.05, 0.1) is 12.1 Å². The van der Waals surface area contributed by atoms with Crippen molar-refractivity contribution in [3.8, 4) is 5.75 Å². The molecule has 0 aliphatic rings. The van der Waals surface area contributed by atoms with Crippen LogP contribution in [0, 0.1) is 0 Å². The number of ether oxygens (including phenoxy) is 1. The van der Waals surface area contributed by atoms with E-state index in [1.54, 1.807) is 7.11 Å². The van der Waals surface area contributed by atoms with Gasteiger partial charge in [0.25, 0.3) is 0 Å². The molecule has 2 N–H and O–H groups in total. The Hall–Kier alpha value is -1.19. The Balaban J connectivity index is 2.37. The minimum Gasteiger partial charge on any atom is -0.495 e. The van der Waals surface area contributed by atoms with E-state index < -0.39 is 0 Å². The van der Waals surface area contributed by atoms with Crippen molar-refractivity contribution in [1.29, 1.82) is 0 Å². The van der Waals surface area contributed by atoms with Gasteiger partial charge in [-0.25, -0.2) is 0 Å². The van der Waals surface area contributed by atoms with E-state index in [-0.39, 0.29) is 0 Å². The Morgan fingerprint density at radius 1 is 1.38 bits per heavy atom. The van der Waals surface area contributed by atoms with Gasteiger partial charge in [0.15, 0.2) is 0 Å². The highest BCUT2D eigenvalue weighted by Crippen LogP contribution is 2.30. The van der Waals surface area contributed by atoms with Crippen LogP contribution in [0.1, 0.15) is 5.69 Å². The number of benzene rings is 1. The zero-order valence-corrected chi connectivity index (χ0v) is 10.2. The number of fused-ring (bicyclic) bond motifs is 1. The second kappa shape index (κ2) is 4.76. The van der Waals surface area contributed by atoms with E-state index in [1.165, 1.54) is 5.69 Å². The summed E-state index contributed by atoms with van der Waals surface area (Å²) in [4.78, 5) is 3.34. The van der Waals surface area contributed by atoms with Gasteiger partial charge in [-0.05, 0) is 31.7 Å². The summed E-state index contributed by atoms with van der Waals surface area (Å²) in [5.74, 6) is 0.716. The Kier molecular flexibility index (Phi) is 3.36. The average Bonchev–Trinajstić information content (AvgIpc) is 2.66. The molecular formula is C12H15ClN2O. The number of aromatic nitrogens is 1. The molecule has 0 bridgehead atoms. The predicted octanol–water partition coefficient (Wildman–Crippen LogP) is 2.59. The van der Waals surface area contributed by atoms with Crippen molar-refractivity contribution >= 4 is 22.5 Å². The summed E-state index contributed by atoms with van der Waals surface area (Å²) in [7, 11) is 3.57. The second-order valence-electron chi connectivity index (χ2n) is 3.72. The maximum atomic E-state index is 6.06. The third-order valence-corrected chi connectivity index (χ3v) is 2.89. The molecule has 16 heavy (non-hydrogen) atoms. The first-order valence-corrected chi connectivity index (χ1v) is 5.62. The molecular weight excluding hydrogens is 224 g/mol. The van der Waals surface area contributed by atoms with Gasteiger partial charge in [-0.2, -0.15) is 0 Å². The normalized spacial score (nSPS) is 10.9. The number of nitrogens with one attached hydrogen (secondary N) is 2. The smallest absolute Gasteiger partial charge is 0.138 e. The van der Waals surface area contributed by atoms with Crippen LogP contribution >= 0.6 is 11.6 Å². The maximum absolute atomic E-state index is 6.06. The minimum atomic E-state index is 0.636. The lowest BCUT2D eigenvalue weighted by atomic mass is 10.2. The number of likely N-dealkylation sites (N-methyl/N-ethyl adjacent to an activating group) is 1. The molecule has 3 nitrogen and oxygen atoms in total. The number of hydrogen-bond donors (Lipinski definition) is 2. The maximum Gasteiger partial charge on any atom is 0.138 e. The van der Waals surface area contributed by atoms with Gasteiger partial charge in [-0.3, -0.25) is 0 Å². The fourth-order valence-corrected chi connectivity index (χ4v) is 1.99. The van der Waals surface area contributed by atoms with Crippen LogP contribution in [0.4, 0.5) is 0 Å². The molecule has 2 rings (SSSR count). The van der Waals surface area contributed by atoms with Gasteiger partial charge in [-0.1, -0.05) is 11.6 Å². The van der Waals surface area contributed by atoms with Gasteiger partial charge >= 0.3 is 0 Å². The quantitative estimate of drug-likeness (QED) is 0.859. The predicted molar refractivity (Wildman–Crippen MR) is 67.5 cm³/mol. The third-order valence-electron chi connectivity index (χ3n) is 2.59. The number of halogens is 1. The summed E-state index contributed by atoms with van der Waals surface area (Å²) in [5, 5.41) is 4.89. The van der Waals surface area contributed by atoms with Gasteiger partial charge in [-0.15, -0.1) is 0 Å². The highest BCUT2D eigenvalue weighted by Gasteiger charge is 2.06. The van der Waals surface area contributed by atoms with Crippen molar-refractivity contribution in [1.82, 2.24) is 10.3 Å². The number of aromatic amines is 1. The second-order valence-corrected chi connectivity index (χ2v) is 4.13. The highest BCUT2D eigenvalue weighted by atomic mass is 35.5. The molecule has 1 aromatic heterocycles. The summed E-state index contributed by atoms with van der Waals surface area (Å²) in [6, 6.07) is 5.99. The first kappa shape index (κ1) is 11.3. The first-order valence-electron chi connectivity index (χ1n) is 5.24. The molecule has 86 valence electrons. The van der Waals surface area contributed by atoms with Gasteiger partial charge < -0.3 is 15.0 Å². The van der Waals surface area contributed by atoms with Crippen molar-refractivity contribution in [3.05, 3.63) is 28.9 Å². The molecule has 0 saturated carbocycles. The van der Waals surface area contributed by atoms with Crippen LogP contribution in [0.3, 0.4) is 0 Å². The van der Waals surface area contributed by atoms with Crippen molar-refractivity contribution in [2.45, 2.75) is 6.42 Å². The Morgan fingerprint density at radius 2 is 2.19 bits per heavy atom. The van der Waals surface area contributed by atoms with Crippen LogP contribution in [-0.4, -0.2) is 25.7 Å². The van der Waals surface area contributed by atoms with Crippen LogP contribution in [0.25, 0.3) is 10.9 Å². The minimum absolute atomic E-state index is 0.636. The van der Waals surface area contributed by atoms with E-state index in [0.29, 0.717) is 10.8 Å². The van der Waals surface area contributed by atoms with E-state index in [1.807, 2.05) is 19.2 Å². The van der Waals surface area contributed by atoms with Crippen molar-refractivity contribution < 1.29 is 4.74 Å². The van der Waals surface area contributed by atoms with Gasteiger partial charge in [0.1, 0.15) is 5.75 Å². The lowest BCUT2D eigenvalue weighted by molar-refractivity contribution is 0.415. The molecule has 2 aromatic rings. The largest absolute Gasteiger partial charge is 0.495 e. The van der Waals surface area contributed by atoms with Crippen molar-refractivity contribution in [2.24, 2.45) is 0 Å².